The van der Waals surface area contributed by atoms with E-state index in [0.29, 0.717) is 11.3 Å². The van der Waals surface area contributed by atoms with E-state index in [2.05, 4.69) is 43.4 Å². The number of aromatic nitrogens is 1. The third kappa shape index (κ3) is 4.31. The average molecular weight is 226 g/mol. The summed E-state index contributed by atoms with van der Waals surface area (Å²) in [7, 11) is 0. The zero-order chi connectivity index (χ0) is 11.3. The Morgan fingerprint density at radius 2 is 2.20 bits per heavy atom. The molecule has 1 rings (SSSR count). The van der Waals surface area contributed by atoms with Crippen molar-refractivity contribution in [3.05, 3.63) is 16.6 Å². The van der Waals surface area contributed by atoms with Crippen LogP contribution in [0.5, 0.6) is 0 Å². The van der Waals surface area contributed by atoms with Crippen molar-refractivity contribution in [1.29, 1.82) is 0 Å². The summed E-state index contributed by atoms with van der Waals surface area (Å²) >= 11 is 1.76. The molecule has 0 saturated carbocycles. The van der Waals surface area contributed by atoms with E-state index < -0.39 is 0 Å². The molecule has 0 aliphatic heterocycles. The minimum atomic E-state index is 0.341. The van der Waals surface area contributed by atoms with Crippen molar-refractivity contribution < 1.29 is 0 Å². The summed E-state index contributed by atoms with van der Waals surface area (Å²) < 4.78 is 0. The highest BCUT2D eigenvalue weighted by molar-refractivity contribution is 7.09. The molecule has 1 heterocycles. The Labute approximate surface area is 97.1 Å². The molecule has 3 heteroatoms. The topological polar surface area (TPSA) is 24.9 Å². The molecule has 0 aliphatic carbocycles. The Morgan fingerprint density at radius 3 is 2.67 bits per heavy atom. The number of nitrogens with one attached hydrogen (secondary N) is 1. The van der Waals surface area contributed by atoms with E-state index in [9.17, 15) is 0 Å². The van der Waals surface area contributed by atoms with Crippen LogP contribution in [0, 0.1) is 11.3 Å². The van der Waals surface area contributed by atoms with Crippen LogP contribution in [-0.4, -0.2) is 18.1 Å². The highest BCUT2D eigenvalue weighted by Crippen LogP contribution is 2.29. The lowest BCUT2D eigenvalue weighted by atomic mass is 9.79. The number of rotatable bonds is 5. The number of hydrogen-bond acceptors (Lipinski definition) is 3. The zero-order valence-corrected chi connectivity index (χ0v) is 11.0. The first kappa shape index (κ1) is 12.7. The van der Waals surface area contributed by atoms with Gasteiger partial charge in [0.2, 0.25) is 0 Å². The summed E-state index contributed by atoms with van der Waals surface area (Å²) in [5.41, 5.74) is 0.341. The molecule has 86 valence electrons. The zero-order valence-electron chi connectivity index (χ0n) is 10.2. The molecular formula is C12H22N2S. The fourth-order valence-corrected chi connectivity index (χ4v) is 2.27. The number of thiazole rings is 1. The molecule has 15 heavy (non-hydrogen) atoms. The third-order valence-electron chi connectivity index (χ3n) is 2.77. The molecule has 0 amide bonds. The van der Waals surface area contributed by atoms with Crippen molar-refractivity contribution in [2.24, 2.45) is 11.3 Å². The van der Waals surface area contributed by atoms with Gasteiger partial charge >= 0.3 is 0 Å². The van der Waals surface area contributed by atoms with Crippen molar-refractivity contribution in [3.8, 4) is 0 Å². The first-order chi connectivity index (χ1) is 7.04. The van der Waals surface area contributed by atoms with Gasteiger partial charge in [0.05, 0.1) is 5.01 Å². The summed E-state index contributed by atoms with van der Waals surface area (Å²) in [5, 5.41) is 6.76. The third-order valence-corrected chi connectivity index (χ3v) is 3.57. The average Bonchev–Trinajstić information content (AvgIpc) is 2.62. The van der Waals surface area contributed by atoms with Crippen molar-refractivity contribution in [2.75, 3.05) is 13.1 Å². The van der Waals surface area contributed by atoms with Crippen LogP contribution in [0.15, 0.2) is 11.6 Å². The van der Waals surface area contributed by atoms with Gasteiger partial charge in [-0.3, -0.25) is 0 Å². The minimum Gasteiger partial charge on any atom is -0.317 e. The van der Waals surface area contributed by atoms with E-state index in [1.54, 1.807) is 11.3 Å². The maximum absolute atomic E-state index is 4.37. The Hall–Kier alpha value is -0.410. The molecule has 0 radical (unpaired) electrons. The summed E-state index contributed by atoms with van der Waals surface area (Å²) in [6, 6.07) is 0. The van der Waals surface area contributed by atoms with E-state index in [4.69, 9.17) is 0 Å². The normalized spacial score (nSPS) is 14.1. The number of nitrogens with zero attached hydrogens (tertiary/aromatic N) is 1. The molecule has 1 atom stereocenters. The molecule has 0 spiro atoms. The second-order valence-electron chi connectivity index (χ2n) is 5.00. The van der Waals surface area contributed by atoms with Gasteiger partial charge in [0, 0.05) is 18.0 Å². The molecule has 0 saturated heterocycles. The van der Waals surface area contributed by atoms with Crippen LogP contribution in [0.25, 0.3) is 0 Å². The Kier molecular flexibility index (Phi) is 4.74. The molecule has 0 aromatic carbocycles. The second-order valence-corrected chi connectivity index (χ2v) is 5.98. The van der Waals surface area contributed by atoms with Crippen LogP contribution >= 0.6 is 11.3 Å². The fourth-order valence-electron chi connectivity index (χ4n) is 1.57. The van der Waals surface area contributed by atoms with Gasteiger partial charge in [0.15, 0.2) is 0 Å². The van der Waals surface area contributed by atoms with E-state index in [1.807, 2.05) is 6.20 Å². The van der Waals surface area contributed by atoms with E-state index in [-0.39, 0.29) is 0 Å². The summed E-state index contributed by atoms with van der Waals surface area (Å²) in [4.78, 5) is 4.37. The summed E-state index contributed by atoms with van der Waals surface area (Å²) in [6.07, 6.45) is 2.99. The standard InChI is InChI=1S/C12H22N2S/c1-5-13-9-10(12(2,3)4)8-11-14-6-7-15-11/h6-7,10,13H,5,8-9H2,1-4H3. The quantitative estimate of drug-likeness (QED) is 0.835. The van der Waals surface area contributed by atoms with Gasteiger partial charge in [-0.05, 0) is 24.4 Å². The van der Waals surface area contributed by atoms with Crippen molar-refractivity contribution in [2.45, 2.75) is 34.1 Å². The number of hydrogen-bond donors (Lipinski definition) is 1. The minimum absolute atomic E-state index is 0.341. The Bertz CT molecular complexity index is 262. The van der Waals surface area contributed by atoms with Crippen LogP contribution < -0.4 is 5.32 Å². The van der Waals surface area contributed by atoms with E-state index in [1.165, 1.54) is 5.01 Å². The fraction of sp³-hybridized carbons (Fsp3) is 0.750. The van der Waals surface area contributed by atoms with Gasteiger partial charge in [0.25, 0.3) is 0 Å². The van der Waals surface area contributed by atoms with Crippen LogP contribution in [0.3, 0.4) is 0 Å². The molecule has 1 unspecified atom stereocenters. The van der Waals surface area contributed by atoms with Crippen molar-refractivity contribution >= 4 is 11.3 Å². The maximum atomic E-state index is 4.37. The lowest BCUT2D eigenvalue weighted by Crippen LogP contribution is -2.33. The van der Waals surface area contributed by atoms with Crippen molar-refractivity contribution in [1.82, 2.24) is 10.3 Å². The van der Waals surface area contributed by atoms with Gasteiger partial charge in [0.1, 0.15) is 0 Å². The molecule has 1 aromatic rings. The van der Waals surface area contributed by atoms with Crippen LogP contribution in [-0.2, 0) is 6.42 Å². The van der Waals surface area contributed by atoms with E-state index in [0.717, 1.165) is 19.5 Å². The predicted octanol–water partition coefficient (Wildman–Crippen LogP) is 2.96. The molecule has 0 bridgehead atoms. The van der Waals surface area contributed by atoms with Crippen molar-refractivity contribution in [3.63, 3.8) is 0 Å². The van der Waals surface area contributed by atoms with Gasteiger partial charge in [-0.1, -0.05) is 27.7 Å². The molecule has 0 aliphatic rings. The Morgan fingerprint density at radius 1 is 1.47 bits per heavy atom. The molecule has 2 nitrogen and oxygen atoms in total. The Balaban J connectivity index is 2.57. The van der Waals surface area contributed by atoms with Gasteiger partial charge in [-0.25, -0.2) is 4.98 Å². The second kappa shape index (κ2) is 5.61. The lowest BCUT2D eigenvalue weighted by Gasteiger charge is -2.30. The van der Waals surface area contributed by atoms with Gasteiger partial charge in [-0.2, -0.15) is 0 Å². The van der Waals surface area contributed by atoms with Crippen LogP contribution in [0.1, 0.15) is 32.7 Å². The lowest BCUT2D eigenvalue weighted by molar-refractivity contribution is 0.232. The SMILES string of the molecule is CCNCC(Cc1nccs1)C(C)(C)C. The maximum Gasteiger partial charge on any atom is 0.0928 e. The van der Waals surface area contributed by atoms with Gasteiger partial charge < -0.3 is 5.32 Å². The van der Waals surface area contributed by atoms with Crippen LogP contribution in [0.2, 0.25) is 0 Å². The van der Waals surface area contributed by atoms with Crippen LogP contribution in [0.4, 0.5) is 0 Å². The molecular weight excluding hydrogens is 204 g/mol. The molecule has 1 aromatic heterocycles. The first-order valence-electron chi connectivity index (χ1n) is 5.63. The largest absolute Gasteiger partial charge is 0.317 e. The highest BCUT2D eigenvalue weighted by Gasteiger charge is 2.24. The first-order valence-corrected chi connectivity index (χ1v) is 6.51. The van der Waals surface area contributed by atoms with E-state index >= 15 is 0 Å². The molecule has 1 N–H and O–H groups in total. The van der Waals surface area contributed by atoms with Gasteiger partial charge in [-0.15, -0.1) is 11.3 Å². The smallest absolute Gasteiger partial charge is 0.0928 e. The molecule has 0 fully saturated rings. The predicted molar refractivity (Wildman–Crippen MR) is 67.3 cm³/mol. The monoisotopic (exact) mass is 226 g/mol. The summed E-state index contributed by atoms with van der Waals surface area (Å²) in [5.74, 6) is 0.656. The highest BCUT2D eigenvalue weighted by atomic mass is 32.1. The summed E-state index contributed by atoms with van der Waals surface area (Å²) in [6.45, 7) is 11.2.